The number of carbonyl (C=O) groups is 1. The highest BCUT2D eigenvalue weighted by Gasteiger charge is 2.08. The lowest BCUT2D eigenvalue weighted by Crippen LogP contribution is -2.20. The molecule has 3 N–H and O–H groups in total. The van der Waals surface area contributed by atoms with Gasteiger partial charge in [0.25, 0.3) is 5.91 Å². The van der Waals surface area contributed by atoms with Gasteiger partial charge in [0.2, 0.25) is 0 Å². The molecule has 22 heavy (non-hydrogen) atoms. The number of benzene rings is 2. The topological polar surface area (TPSA) is 73.6 Å². The fourth-order valence-corrected chi connectivity index (χ4v) is 1.98. The van der Waals surface area contributed by atoms with Gasteiger partial charge >= 0.3 is 0 Å². The number of rotatable bonds is 6. The Bertz CT molecular complexity index is 639. The normalized spacial score (nSPS) is 10.1. The molecule has 0 aliphatic rings. The van der Waals surface area contributed by atoms with Gasteiger partial charge in [-0.3, -0.25) is 4.79 Å². The Labute approximate surface area is 130 Å². The van der Waals surface area contributed by atoms with Gasteiger partial charge in [0, 0.05) is 6.54 Å². The molecule has 5 nitrogen and oxygen atoms in total. The molecule has 0 fully saturated rings. The van der Waals surface area contributed by atoms with Gasteiger partial charge in [-0.1, -0.05) is 18.2 Å². The van der Waals surface area contributed by atoms with Crippen LogP contribution in [0.4, 0.5) is 5.69 Å². The van der Waals surface area contributed by atoms with Gasteiger partial charge in [-0.15, -0.1) is 0 Å². The maximum atomic E-state index is 12.0. The molecule has 0 heterocycles. The summed E-state index contributed by atoms with van der Waals surface area (Å²) >= 11 is 0. The van der Waals surface area contributed by atoms with Crippen molar-refractivity contribution in [1.82, 2.24) is 0 Å². The molecule has 0 aromatic heterocycles. The average molecular weight is 300 g/mol. The van der Waals surface area contributed by atoms with Gasteiger partial charge in [0.1, 0.15) is 11.5 Å². The first-order chi connectivity index (χ1) is 10.6. The number of nitrogens with two attached hydrogens (primary N) is 1. The number of hydrogen-bond acceptors (Lipinski definition) is 4. The highest BCUT2D eigenvalue weighted by atomic mass is 16.5. The van der Waals surface area contributed by atoms with Gasteiger partial charge in [-0.25, -0.2) is 0 Å². The molecule has 0 saturated carbocycles. The van der Waals surface area contributed by atoms with E-state index in [1.54, 1.807) is 19.2 Å². The summed E-state index contributed by atoms with van der Waals surface area (Å²) in [6.45, 7) is 2.36. The van der Waals surface area contributed by atoms with Crippen LogP contribution in [0.1, 0.15) is 11.1 Å². The highest BCUT2D eigenvalue weighted by molar-refractivity contribution is 5.93. The van der Waals surface area contributed by atoms with E-state index in [4.69, 9.17) is 15.2 Å². The van der Waals surface area contributed by atoms with Crippen molar-refractivity contribution in [3.63, 3.8) is 0 Å². The number of amides is 1. The summed E-state index contributed by atoms with van der Waals surface area (Å²) in [5.74, 6) is 1.00. The maximum absolute atomic E-state index is 12.0. The van der Waals surface area contributed by atoms with Crippen LogP contribution in [0.5, 0.6) is 11.5 Å². The van der Waals surface area contributed by atoms with Crippen LogP contribution in [0, 0.1) is 6.92 Å². The Hall–Kier alpha value is -2.53. The quantitative estimate of drug-likeness (QED) is 0.859. The Morgan fingerprint density at radius 3 is 2.55 bits per heavy atom. The number of anilines is 1. The van der Waals surface area contributed by atoms with Crippen molar-refractivity contribution < 1.29 is 14.3 Å². The molecule has 1 amide bonds. The minimum atomic E-state index is -0.244. The molecule has 0 radical (unpaired) electrons. The zero-order chi connectivity index (χ0) is 15.9. The fourth-order valence-electron chi connectivity index (χ4n) is 1.98. The van der Waals surface area contributed by atoms with E-state index in [0.29, 0.717) is 23.7 Å². The lowest BCUT2D eigenvalue weighted by Gasteiger charge is -2.11. The van der Waals surface area contributed by atoms with E-state index in [-0.39, 0.29) is 12.5 Å². The smallest absolute Gasteiger partial charge is 0.262 e. The Kier molecular flexibility index (Phi) is 5.38. The van der Waals surface area contributed by atoms with Crippen molar-refractivity contribution in [2.24, 2.45) is 5.73 Å². The zero-order valence-electron chi connectivity index (χ0n) is 12.8. The summed E-state index contributed by atoms with van der Waals surface area (Å²) < 4.78 is 10.7. The van der Waals surface area contributed by atoms with Crippen molar-refractivity contribution in [3.05, 3.63) is 53.6 Å². The van der Waals surface area contributed by atoms with E-state index in [2.05, 4.69) is 5.32 Å². The Morgan fingerprint density at radius 2 is 1.91 bits per heavy atom. The monoisotopic (exact) mass is 300 g/mol. The van der Waals surface area contributed by atoms with Gasteiger partial charge in [-0.05, 0) is 42.3 Å². The largest absolute Gasteiger partial charge is 0.495 e. The predicted octanol–water partition coefficient (Wildman–Crippen LogP) is 2.48. The molecule has 0 bridgehead atoms. The van der Waals surface area contributed by atoms with Crippen molar-refractivity contribution in [1.29, 1.82) is 0 Å². The standard InChI is InChI=1S/C17H20N2O3/c1-12-3-8-16(21-2)15(9-12)19-17(20)11-22-14-6-4-13(10-18)5-7-14/h3-9H,10-11,18H2,1-2H3,(H,19,20). The predicted molar refractivity (Wildman–Crippen MR) is 86.2 cm³/mol. The van der Waals surface area contributed by atoms with Gasteiger partial charge in [-0.2, -0.15) is 0 Å². The third-order valence-electron chi connectivity index (χ3n) is 3.16. The highest BCUT2D eigenvalue weighted by Crippen LogP contribution is 2.25. The van der Waals surface area contributed by atoms with Crippen molar-refractivity contribution >= 4 is 11.6 Å². The molecule has 2 aromatic carbocycles. The SMILES string of the molecule is COc1ccc(C)cc1NC(=O)COc1ccc(CN)cc1. The van der Waals surface area contributed by atoms with Gasteiger partial charge < -0.3 is 20.5 Å². The number of ether oxygens (including phenoxy) is 2. The van der Waals surface area contributed by atoms with E-state index >= 15 is 0 Å². The molecule has 0 aliphatic carbocycles. The minimum Gasteiger partial charge on any atom is -0.495 e. The molecule has 5 heteroatoms. The third-order valence-corrected chi connectivity index (χ3v) is 3.16. The maximum Gasteiger partial charge on any atom is 0.262 e. The molecular formula is C17H20N2O3. The van der Waals surface area contributed by atoms with E-state index in [1.165, 1.54) is 0 Å². The number of nitrogens with one attached hydrogen (secondary N) is 1. The first kappa shape index (κ1) is 15.9. The van der Waals surface area contributed by atoms with Gasteiger partial charge in [0.15, 0.2) is 6.61 Å². The molecule has 0 saturated heterocycles. The van der Waals surface area contributed by atoms with Crippen molar-refractivity contribution in [2.75, 3.05) is 19.0 Å². The number of aryl methyl sites for hydroxylation is 1. The lowest BCUT2D eigenvalue weighted by atomic mass is 10.2. The molecular weight excluding hydrogens is 280 g/mol. The molecule has 116 valence electrons. The van der Waals surface area contributed by atoms with E-state index in [9.17, 15) is 4.79 Å². The second kappa shape index (κ2) is 7.47. The number of methoxy groups -OCH3 is 1. The van der Waals surface area contributed by atoms with Crippen LogP contribution in [0.3, 0.4) is 0 Å². The summed E-state index contributed by atoms with van der Waals surface area (Å²) in [7, 11) is 1.57. The fraction of sp³-hybridized carbons (Fsp3) is 0.235. The summed E-state index contributed by atoms with van der Waals surface area (Å²) in [5.41, 5.74) is 8.22. The van der Waals surface area contributed by atoms with Crippen LogP contribution in [-0.4, -0.2) is 19.6 Å². The molecule has 0 aliphatic heterocycles. The zero-order valence-corrected chi connectivity index (χ0v) is 12.8. The van der Waals surface area contributed by atoms with Crippen LogP contribution < -0.4 is 20.5 Å². The second-order valence-electron chi connectivity index (χ2n) is 4.89. The van der Waals surface area contributed by atoms with Crippen LogP contribution in [0.2, 0.25) is 0 Å². The lowest BCUT2D eigenvalue weighted by molar-refractivity contribution is -0.118. The Balaban J connectivity index is 1.94. The summed E-state index contributed by atoms with van der Waals surface area (Å²) in [4.78, 5) is 12.0. The minimum absolute atomic E-state index is 0.0704. The van der Waals surface area contributed by atoms with Crippen LogP contribution >= 0.6 is 0 Å². The second-order valence-corrected chi connectivity index (χ2v) is 4.89. The van der Waals surface area contributed by atoms with Crippen molar-refractivity contribution in [2.45, 2.75) is 13.5 Å². The van der Waals surface area contributed by atoms with E-state index in [1.807, 2.05) is 37.3 Å². The molecule has 0 unspecified atom stereocenters. The molecule has 2 rings (SSSR count). The van der Waals surface area contributed by atoms with Crippen molar-refractivity contribution in [3.8, 4) is 11.5 Å². The third kappa shape index (κ3) is 4.23. The summed E-state index contributed by atoms with van der Waals surface area (Å²) in [6, 6.07) is 12.9. The first-order valence-electron chi connectivity index (χ1n) is 6.98. The van der Waals surface area contributed by atoms with Crippen LogP contribution in [-0.2, 0) is 11.3 Å². The number of carbonyl (C=O) groups excluding carboxylic acids is 1. The Morgan fingerprint density at radius 1 is 1.18 bits per heavy atom. The first-order valence-corrected chi connectivity index (χ1v) is 6.98. The molecule has 0 atom stereocenters. The van der Waals surface area contributed by atoms with E-state index in [0.717, 1.165) is 11.1 Å². The van der Waals surface area contributed by atoms with Crippen LogP contribution in [0.15, 0.2) is 42.5 Å². The number of hydrogen-bond donors (Lipinski definition) is 2. The molecule has 0 spiro atoms. The van der Waals surface area contributed by atoms with Crippen LogP contribution in [0.25, 0.3) is 0 Å². The molecule has 2 aromatic rings. The van der Waals surface area contributed by atoms with E-state index < -0.39 is 0 Å². The summed E-state index contributed by atoms with van der Waals surface area (Å²) in [5, 5.41) is 2.79. The average Bonchev–Trinajstić information content (AvgIpc) is 2.53. The van der Waals surface area contributed by atoms with Gasteiger partial charge in [0.05, 0.1) is 12.8 Å². The summed E-state index contributed by atoms with van der Waals surface area (Å²) in [6.07, 6.45) is 0.